The van der Waals surface area contributed by atoms with Crippen molar-refractivity contribution in [2.45, 2.75) is 6.04 Å². The van der Waals surface area contributed by atoms with Crippen molar-refractivity contribution in [2.75, 3.05) is 0 Å². The van der Waals surface area contributed by atoms with Gasteiger partial charge in [0, 0.05) is 12.4 Å². The number of hydrogen-bond donors (Lipinski definition) is 1. The molecule has 0 atom stereocenters. The predicted molar refractivity (Wildman–Crippen MR) is 84.2 cm³/mol. The minimum atomic E-state index is -0.245. The molecular formula is C18H15N3O. The monoisotopic (exact) mass is 289 g/mol. The molecule has 22 heavy (non-hydrogen) atoms. The van der Waals surface area contributed by atoms with E-state index in [2.05, 4.69) is 15.3 Å². The Morgan fingerprint density at radius 3 is 1.95 bits per heavy atom. The molecule has 0 saturated heterocycles. The second-order valence-electron chi connectivity index (χ2n) is 4.82. The standard InChI is InChI=1S/C18H15N3O/c22-18(16-13-19-11-12-20-16)21-17(14-7-3-1-4-8-14)15-9-5-2-6-10-15/h1-13,17H,(H,21,22). The number of amides is 1. The molecule has 0 radical (unpaired) electrons. The van der Waals surface area contributed by atoms with Crippen LogP contribution in [0.2, 0.25) is 0 Å². The summed E-state index contributed by atoms with van der Waals surface area (Å²) in [5, 5.41) is 3.02. The van der Waals surface area contributed by atoms with Crippen LogP contribution in [0.1, 0.15) is 27.7 Å². The average molecular weight is 289 g/mol. The van der Waals surface area contributed by atoms with Crippen molar-refractivity contribution in [3.05, 3.63) is 96.1 Å². The normalized spacial score (nSPS) is 10.4. The molecule has 4 heteroatoms. The van der Waals surface area contributed by atoms with Gasteiger partial charge >= 0.3 is 0 Å². The molecule has 3 rings (SSSR count). The van der Waals surface area contributed by atoms with Crippen LogP contribution in [-0.4, -0.2) is 15.9 Å². The van der Waals surface area contributed by atoms with E-state index in [1.54, 1.807) is 6.20 Å². The predicted octanol–water partition coefficient (Wildman–Crippen LogP) is 3.00. The van der Waals surface area contributed by atoms with Gasteiger partial charge in [0.25, 0.3) is 5.91 Å². The molecule has 1 aromatic heterocycles. The number of carbonyl (C=O) groups excluding carboxylic acids is 1. The van der Waals surface area contributed by atoms with Gasteiger partial charge in [-0.25, -0.2) is 4.98 Å². The number of nitrogens with one attached hydrogen (secondary N) is 1. The number of carbonyl (C=O) groups is 1. The zero-order valence-corrected chi connectivity index (χ0v) is 11.9. The molecule has 0 spiro atoms. The molecule has 1 amide bonds. The fraction of sp³-hybridized carbons (Fsp3) is 0.0556. The first-order valence-corrected chi connectivity index (χ1v) is 7.01. The summed E-state index contributed by atoms with van der Waals surface area (Å²) >= 11 is 0. The topological polar surface area (TPSA) is 54.9 Å². The highest BCUT2D eigenvalue weighted by atomic mass is 16.1. The molecule has 3 aromatic rings. The minimum absolute atomic E-state index is 0.225. The van der Waals surface area contributed by atoms with Crippen molar-refractivity contribution in [1.82, 2.24) is 15.3 Å². The largest absolute Gasteiger partial charge is 0.340 e. The molecule has 1 heterocycles. The molecular weight excluding hydrogens is 274 g/mol. The van der Waals surface area contributed by atoms with Crippen LogP contribution >= 0.6 is 0 Å². The lowest BCUT2D eigenvalue weighted by Crippen LogP contribution is -2.30. The Balaban J connectivity index is 1.91. The van der Waals surface area contributed by atoms with E-state index in [1.165, 1.54) is 12.4 Å². The first-order valence-electron chi connectivity index (χ1n) is 7.01. The van der Waals surface area contributed by atoms with Crippen molar-refractivity contribution in [2.24, 2.45) is 0 Å². The Morgan fingerprint density at radius 1 is 0.864 bits per heavy atom. The fourth-order valence-corrected chi connectivity index (χ4v) is 2.27. The van der Waals surface area contributed by atoms with Crippen LogP contribution in [0.4, 0.5) is 0 Å². The third-order valence-corrected chi connectivity index (χ3v) is 3.34. The summed E-state index contributed by atoms with van der Waals surface area (Å²) in [4.78, 5) is 20.4. The Morgan fingerprint density at radius 2 is 1.45 bits per heavy atom. The molecule has 1 N–H and O–H groups in total. The Bertz CT molecular complexity index is 691. The first-order chi connectivity index (χ1) is 10.8. The maximum absolute atomic E-state index is 12.4. The van der Waals surface area contributed by atoms with Crippen LogP contribution in [0.25, 0.3) is 0 Å². The molecule has 0 bridgehead atoms. The van der Waals surface area contributed by atoms with E-state index in [0.717, 1.165) is 11.1 Å². The first kappa shape index (κ1) is 13.9. The van der Waals surface area contributed by atoms with Crippen LogP contribution in [0, 0.1) is 0 Å². The van der Waals surface area contributed by atoms with E-state index in [4.69, 9.17) is 0 Å². The van der Waals surface area contributed by atoms with Crippen molar-refractivity contribution in [1.29, 1.82) is 0 Å². The summed E-state index contributed by atoms with van der Waals surface area (Å²) in [5.74, 6) is -0.245. The van der Waals surface area contributed by atoms with E-state index in [0.29, 0.717) is 5.69 Å². The van der Waals surface area contributed by atoms with Gasteiger partial charge in [-0.2, -0.15) is 0 Å². The quantitative estimate of drug-likeness (QED) is 0.803. The van der Waals surface area contributed by atoms with Crippen LogP contribution in [0.15, 0.2) is 79.3 Å². The van der Waals surface area contributed by atoms with E-state index in [1.807, 2.05) is 60.7 Å². The molecule has 0 fully saturated rings. The molecule has 0 aliphatic carbocycles. The van der Waals surface area contributed by atoms with E-state index < -0.39 is 0 Å². The third-order valence-electron chi connectivity index (χ3n) is 3.34. The lowest BCUT2D eigenvalue weighted by molar-refractivity contribution is 0.0937. The molecule has 0 aliphatic heterocycles. The zero-order chi connectivity index (χ0) is 15.2. The second-order valence-corrected chi connectivity index (χ2v) is 4.82. The van der Waals surface area contributed by atoms with Gasteiger partial charge in [-0.1, -0.05) is 60.7 Å². The maximum atomic E-state index is 12.4. The highest BCUT2D eigenvalue weighted by Gasteiger charge is 2.18. The Hall–Kier alpha value is -3.01. The van der Waals surface area contributed by atoms with Gasteiger partial charge in [0.15, 0.2) is 0 Å². The van der Waals surface area contributed by atoms with Gasteiger partial charge < -0.3 is 5.32 Å². The molecule has 4 nitrogen and oxygen atoms in total. The summed E-state index contributed by atoms with van der Waals surface area (Å²) in [5.41, 5.74) is 2.34. The molecule has 0 unspecified atom stereocenters. The van der Waals surface area contributed by atoms with E-state index in [9.17, 15) is 4.79 Å². The smallest absolute Gasteiger partial charge is 0.272 e. The summed E-state index contributed by atoms with van der Waals surface area (Å²) in [6.45, 7) is 0. The highest BCUT2D eigenvalue weighted by Crippen LogP contribution is 2.22. The Kier molecular flexibility index (Phi) is 4.20. The van der Waals surface area contributed by atoms with Crippen LogP contribution in [-0.2, 0) is 0 Å². The number of aromatic nitrogens is 2. The van der Waals surface area contributed by atoms with Gasteiger partial charge in [0.2, 0.25) is 0 Å². The van der Waals surface area contributed by atoms with Gasteiger partial charge in [-0.05, 0) is 11.1 Å². The second kappa shape index (κ2) is 6.63. The van der Waals surface area contributed by atoms with Gasteiger partial charge in [0.05, 0.1) is 12.2 Å². The molecule has 2 aromatic carbocycles. The third kappa shape index (κ3) is 3.17. The lowest BCUT2D eigenvalue weighted by Gasteiger charge is -2.19. The minimum Gasteiger partial charge on any atom is -0.340 e. The van der Waals surface area contributed by atoms with Crippen LogP contribution < -0.4 is 5.32 Å². The summed E-state index contributed by atoms with van der Waals surface area (Å²) < 4.78 is 0. The summed E-state index contributed by atoms with van der Waals surface area (Å²) in [7, 11) is 0. The highest BCUT2D eigenvalue weighted by molar-refractivity contribution is 5.92. The lowest BCUT2D eigenvalue weighted by atomic mass is 9.98. The van der Waals surface area contributed by atoms with Gasteiger partial charge in [-0.15, -0.1) is 0 Å². The van der Waals surface area contributed by atoms with Crippen LogP contribution in [0.3, 0.4) is 0 Å². The van der Waals surface area contributed by atoms with E-state index >= 15 is 0 Å². The van der Waals surface area contributed by atoms with Crippen molar-refractivity contribution >= 4 is 5.91 Å². The maximum Gasteiger partial charge on any atom is 0.272 e. The summed E-state index contributed by atoms with van der Waals surface area (Å²) in [6, 6.07) is 19.5. The average Bonchev–Trinajstić information content (AvgIpc) is 2.62. The zero-order valence-electron chi connectivity index (χ0n) is 11.9. The van der Waals surface area contributed by atoms with Crippen molar-refractivity contribution in [3.63, 3.8) is 0 Å². The number of benzene rings is 2. The number of nitrogens with zero attached hydrogens (tertiary/aromatic N) is 2. The Labute approximate surface area is 128 Å². The van der Waals surface area contributed by atoms with E-state index in [-0.39, 0.29) is 11.9 Å². The molecule has 0 aliphatic rings. The number of hydrogen-bond acceptors (Lipinski definition) is 3. The SMILES string of the molecule is O=C(NC(c1ccccc1)c1ccccc1)c1cnccn1. The number of rotatable bonds is 4. The van der Waals surface area contributed by atoms with Crippen molar-refractivity contribution in [3.8, 4) is 0 Å². The van der Waals surface area contributed by atoms with Crippen molar-refractivity contribution < 1.29 is 4.79 Å². The van der Waals surface area contributed by atoms with Gasteiger partial charge in [0.1, 0.15) is 5.69 Å². The van der Waals surface area contributed by atoms with Gasteiger partial charge in [-0.3, -0.25) is 9.78 Å². The molecule has 108 valence electrons. The fourth-order valence-electron chi connectivity index (χ4n) is 2.27. The molecule has 0 saturated carbocycles. The van der Waals surface area contributed by atoms with Crippen LogP contribution in [0.5, 0.6) is 0 Å². The summed E-state index contributed by atoms with van der Waals surface area (Å²) in [6.07, 6.45) is 4.51.